The maximum Gasteiger partial charge on any atom is 1.00 e. The van der Waals surface area contributed by atoms with Gasteiger partial charge in [-0.3, -0.25) is 0 Å². The predicted octanol–water partition coefficient (Wildman–Crippen LogP) is 1.77. The van der Waals surface area contributed by atoms with Crippen LogP contribution in [0.1, 0.15) is 6.42 Å². The van der Waals surface area contributed by atoms with Crippen LogP contribution in [0, 0.1) is 0 Å². The van der Waals surface area contributed by atoms with Crippen LogP contribution in [-0.2, 0) is 19.6 Å². The minimum atomic E-state index is -6.81. The van der Waals surface area contributed by atoms with Gasteiger partial charge < -0.3 is 14.0 Å². The number of alkyl halides is 14. The van der Waals surface area contributed by atoms with Crippen LogP contribution in [0.3, 0.4) is 0 Å². The quantitative estimate of drug-likeness (QED) is 0.256. The Morgan fingerprint density at radius 3 is 1.43 bits per heavy atom. The summed E-state index contributed by atoms with van der Waals surface area (Å²) in [7, 11) is -6.00. The summed E-state index contributed by atoms with van der Waals surface area (Å²) in [5.74, 6) is -12.7. The van der Waals surface area contributed by atoms with Crippen molar-refractivity contribution < 1.29 is 135 Å². The monoisotopic (exact) mass is 594 g/mol. The Bertz CT molecular complexity index is 890. The molecule has 1 rings (SSSR count). The Labute approximate surface area is 228 Å². The molecule has 200 valence electrons. The maximum atomic E-state index is 13.6. The van der Waals surface area contributed by atoms with Crippen molar-refractivity contribution in [3.63, 3.8) is 0 Å². The molecule has 0 heterocycles. The molecule has 1 atom stereocenters. The third-order valence-electron chi connectivity index (χ3n) is 4.22. The SMILES string of the molecule is O=S(=O)([O-])C1(COC(F)(C(F)(F)F)C(F)(F)F)C=CC(COC(F)(C(F)(F)F)C(F)(F)F)=CC1.[K+]. The second-order valence-electron chi connectivity index (χ2n) is 6.59. The van der Waals surface area contributed by atoms with E-state index in [4.69, 9.17) is 0 Å². The molecular weight excluding hydrogens is 585 g/mol. The topological polar surface area (TPSA) is 75.7 Å². The van der Waals surface area contributed by atoms with Gasteiger partial charge in [0, 0.05) is 0 Å². The van der Waals surface area contributed by atoms with Crippen LogP contribution in [-0.4, -0.2) is 67.3 Å². The van der Waals surface area contributed by atoms with E-state index in [1.54, 1.807) is 0 Å². The summed E-state index contributed by atoms with van der Waals surface area (Å²) in [5.41, 5.74) is -0.909. The van der Waals surface area contributed by atoms with Gasteiger partial charge in [0.1, 0.15) is 14.9 Å². The van der Waals surface area contributed by atoms with Gasteiger partial charge in [-0.2, -0.15) is 61.5 Å². The molecular formula is C14H9F14KO5S. The van der Waals surface area contributed by atoms with Crippen LogP contribution in [0.15, 0.2) is 23.8 Å². The zero-order valence-corrected chi connectivity index (χ0v) is 20.5. The molecule has 21 heteroatoms. The molecule has 0 aliphatic heterocycles. The molecule has 0 aromatic carbocycles. The zero-order valence-electron chi connectivity index (χ0n) is 16.6. The van der Waals surface area contributed by atoms with Crippen molar-refractivity contribution in [2.45, 2.75) is 47.6 Å². The molecule has 0 saturated carbocycles. The summed E-state index contributed by atoms with van der Waals surface area (Å²) in [4.78, 5) is 0. The van der Waals surface area contributed by atoms with Crippen molar-refractivity contribution >= 4 is 10.1 Å². The fraction of sp³-hybridized carbons (Fsp3) is 0.714. The molecule has 0 bridgehead atoms. The molecule has 0 amide bonds. The van der Waals surface area contributed by atoms with Gasteiger partial charge in [0.15, 0.2) is 0 Å². The Kier molecular flexibility index (Phi) is 10.6. The van der Waals surface area contributed by atoms with E-state index in [9.17, 15) is 74.4 Å². The Morgan fingerprint density at radius 1 is 0.771 bits per heavy atom. The van der Waals surface area contributed by atoms with Crippen LogP contribution in [0.25, 0.3) is 0 Å². The van der Waals surface area contributed by atoms with Crippen molar-refractivity contribution in [3.8, 4) is 0 Å². The molecule has 35 heavy (non-hydrogen) atoms. The van der Waals surface area contributed by atoms with E-state index in [0.29, 0.717) is 0 Å². The van der Waals surface area contributed by atoms with Crippen molar-refractivity contribution in [2.24, 2.45) is 0 Å². The molecule has 0 N–H and O–H groups in total. The molecule has 1 aliphatic rings. The van der Waals surface area contributed by atoms with E-state index in [1.165, 1.54) is 0 Å². The van der Waals surface area contributed by atoms with Crippen molar-refractivity contribution in [3.05, 3.63) is 23.8 Å². The minimum absolute atomic E-state index is 0. The molecule has 1 unspecified atom stereocenters. The van der Waals surface area contributed by atoms with E-state index in [1.807, 2.05) is 0 Å². The normalized spacial score (nSPS) is 20.9. The molecule has 0 aromatic heterocycles. The van der Waals surface area contributed by atoms with Gasteiger partial charge in [-0.25, -0.2) is 8.42 Å². The third-order valence-corrected chi connectivity index (χ3v) is 5.64. The van der Waals surface area contributed by atoms with Crippen LogP contribution < -0.4 is 51.4 Å². The van der Waals surface area contributed by atoms with Gasteiger partial charge in [-0.05, 0) is 12.0 Å². The summed E-state index contributed by atoms with van der Waals surface area (Å²) in [6.45, 7) is -4.34. The van der Waals surface area contributed by atoms with Gasteiger partial charge in [0.2, 0.25) is 0 Å². The fourth-order valence-electron chi connectivity index (χ4n) is 2.22. The predicted molar refractivity (Wildman–Crippen MR) is 78.1 cm³/mol. The first-order valence-electron chi connectivity index (χ1n) is 8.00. The molecule has 5 nitrogen and oxygen atoms in total. The number of ether oxygens (including phenoxy) is 2. The molecule has 0 radical (unpaired) electrons. The van der Waals surface area contributed by atoms with E-state index in [0.717, 1.165) is 0 Å². The summed E-state index contributed by atoms with van der Waals surface area (Å²) >= 11 is 0. The number of rotatable bonds is 7. The summed E-state index contributed by atoms with van der Waals surface area (Å²) < 4.78 is 214. The molecule has 0 spiro atoms. The summed E-state index contributed by atoms with van der Waals surface area (Å²) in [6, 6.07) is 0. The van der Waals surface area contributed by atoms with Crippen molar-refractivity contribution in [1.82, 2.24) is 0 Å². The van der Waals surface area contributed by atoms with Gasteiger partial charge in [-0.1, -0.05) is 18.2 Å². The first-order valence-corrected chi connectivity index (χ1v) is 9.41. The van der Waals surface area contributed by atoms with E-state index in [2.05, 4.69) is 9.47 Å². The van der Waals surface area contributed by atoms with E-state index >= 15 is 0 Å². The first kappa shape index (κ1) is 35.0. The summed E-state index contributed by atoms with van der Waals surface area (Å²) in [6.07, 6.45) is -28.2. The summed E-state index contributed by atoms with van der Waals surface area (Å²) in [5, 5.41) is 0. The van der Waals surface area contributed by atoms with Gasteiger partial charge in [0.05, 0.1) is 13.2 Å². The fourth-order valence-corrected chi connectivity index (χ4v) is 2.95. The van der Waals surface area contributed by atoms with Crippen LogP contribution >= 0.6 is 0 Å². The van der Waals surface area contributed by atoms with E-state index in [-0.39, 0.29) is 69.6 Å². The third kappa shape index (κ3) is 7.09. The molecule has 1 aliphatic carbocycles. The number of halogens is 14. The zero-order chi connectivity index (χ0) is 27.2. The van der Waals surface area contributed by atoms with Crippen LogP contribution in [0.2, 0.25) is 0 Å². The smallest absolute Gasteiger partial charge is 0.747 e. The molecule has 0 saturated heterocycles. The average Bonchev–Trinajstić information content (AvgIpc) is 2.60. The average molecular weight is 594 g/mol. The van der Waals surface area contributed by atoms with Crippen molar-refractivity contribution in [1.29, 1.82) is 0 Å². The number of hydrogen-bond donors (Lipinski definition) is 0. The van der Waals surface area contributed by atoms with E-state index < -0.39 is 76.5 Å². The first-order chi connectivity index (χ1) is 14.7. The number of hydrogen-bond acceptors (Lipinski definition) is 5. The van der Waals surface area contributed by atoms with Crippen LogP contribution in [0.5, 0.6) is 0 Å². The molecule has 0 aromatic rings. The standard InChI is InChI=1S/C14H10F14O5S.K/c15-9(11(17,18)19,12(20,21)22)32-5-7-1-3-8(4-2-7,34(29,30)31)6-33-10(16,13(23,24)25)14(26,27)28;/h1-3H,4-6H2,(H,29,30,31);/q;+1/p-1. The van der Waals surface area contributed by atoms with Crippen LogP contribution in [0.4, 0.5) is 61.5 Å². The Hall–Kier alpha value is -0.0336. The van der Waals surface area contributed by atoms with Gasteiger partial charge >= 0.3 is 87.8 Å². The Balaban J connectivity index is 0.0000116. The Morgan fingerprint density at radius 2 is 1.14 bits per heavy atom. The molecule has 0 fully saturated rings. The largest absolute Gasteiger partial charge is 1.00 e. The van der Waals surface area contributed by atoms with Crippen molar-refractivity contribution in [2.75, 3.05) is 13.2 Å². The second-order valence-corrected chi connectivity index (χ2v) is 8.32. The van der Waals surface area contributed by atoms with Gasteiger partial charge in [0.25, 0.3) is 0 Å². The second kappa shape index (κ2) is 10.6. The number of allylic oxidation sites excluding steroid dienone is 1. The maximum absolute atomic E-state index is 13.6. The minimum Gasteiger partial charge on any atom is -0.747 e. The van der Waals surface area contributed by atoms with Gasteiger partial charge in [-0.15, -0.1) is 0 Å².